The number of rotatable bonds is 6. The summed E-state index contributed by atoms with van der Waals surface area (Å²) in [6.07, 6.45) is -3.21. The van der Waals surface area contributed by atoms with Crippen LogP contribution in [0.1, 0.15) is 18.2 Å². The Hall–Kier alpha value is -0.820. The molecule has 1 aromatic rings. The largest absolute Gasteiger partial charge is 0.481 e. The molecule has 1 aromatic heterocycles. The van der Waals surface area contributed by atoms with Crippen molar-refractivity contribution >= 4 is 27.9 Å². The predicted molar refractivity (Wildman–Crippen MR) is 83.0 cm³/mol. The zero-order valence-corrected chi connectivity index (χ0v) is 15.5. The molecule has 0 bridgehead atoms. The highest BCUT2D eigenvalue weighted by atomic mass is 32.1. The molecule has 148 valence electrons. The number of aryl methyl sites for hydroxylation is 1. The molecule has 0 aliphatic carbocycles. The molecule has 1 unspecified atom stereocenters. The fourth-order valence-corrected chi connectivity index (χ4v) is 3.87. The van der Waals surface area contributed by atoms with E-state index in [-0.39, 0.29) is 4.64 Å². The average Bonchev–Trinajstić information content (AvgIpc) is 2.75. The number of nitrogens with zero attached hydrogens (tertiary/aromatic N) is 1. The molecule has 1 aliphatic heterocycles. The molecule has 1 aliphatic rings. The summed E-state index contributed by atoms with van der Waals surface area (Å²) in [7, 11) is -10.8. The normalized spacial score (nSPS) is 28.8. The first-order chi connectivity index (χ1) is 11.7. The molecule has 4 N–H and O–H groups in total. The molecule has 2 rings (SSSR count). The second kappa shape index (κ2) is 7.30. The summed E-state index contributed by atoms with van der Waals surface area (Å²) in [5, 5.41) is 0. The third kappa shape index (κ3) is 5.12. The molecule has 2 heterocycles. The zero-order valence-electron chi connectivity index (χ0n) is 12.9. The van der Waals surface area contributed by atoms with E-state index in [0.29, 0.717) is 5.56 Å². The first kappa shape index (κ1) is 21.5. The molecular formula is C10H14F2N2O9P2S. The van der Waals surface area contributed by atoms with Gasteiger partial charge in [0, 0.05) is 18.2 Å². The smallest absolute Gasteiger partial charge is 0.317 e. The van der Waals surface area contributed by atoms with E-state index in [1.807, 2.05) is 0 Å². The van der Waals surface area contributed by atoms with Crippen LogP contribution in [0.3, 0.4) is 0 Å². The summed E-state index contributed by atoms with van der Waals surface area (Å²) in [5.74, 6) is -3.26. The number of nitrogens with one attached hydrogen (secondary N) is 1. The number of aromatic nitrogens is 2. The monoisotopic (exact) mass is 438 g/mol. The van der Waals surface area contributed by atoms with E-state index in [2.05, 4.69) is 13.8 Å². The van der Waals surface area contributed by atoms with E-state index in [9.17, 15) is 22.7 Å². The van der Waals surface area contributed by atoms with Crippen molar-refractivity contribution in [1.82, 2.24) is 9.55 Å². The topological polar surface area (TPSA) is 160 Å². The van der Waals surface area contributed by atoms with Crippen LogP contribution in [-0.4, -0.2) is 42.9 Å². The number of hydrogen-bond acceptors (Lipinski definition) is 7. The molecule has 4 atom stereocenters. The summed E-state index contributed by atoms with van der Waals surface area (Å²) < 4.78 is 63.8. The van der Waals surface area contributed by atoms with Crippen molar-refractivity contribution in [2.24, 2.45) is 0 Å². The third-order valence-electron chi connectivity index (χ3n) is 3.30. The van der Waals surface area contributed by atoms with Gasteiger partial charge < -0.3 is 19.4 Å². The molecule has 16 heteroatoms. The van der Waals surface area contributed by atoms with Crippen LogP contribution in [-0.2, 0) is 22.7 Å². The maximum Gasteiger partial charge on any atom is 0.481 e. The van der Waals surface area contributed by atoms with Crippen LogP contribution in [0, 0.1) is 11.6 Å². The molecule has 26 heavy (non-hydrogen) atoms. The van der Waals surface area contributed by atoms with E-state index >= 15 is 0 Å². The number of hydrogen-bond donors (Lipinski definition) is 4. The number of alkyl halides is 2. The molecular weight excluding hydrogens is 424 g/mol. The standard InChI is InChI=1S/C10H14F2N2O9P2S/c1-5-3-14(9(15)13-8(5)26)7-2-6(11)10(12,22-7)4-21-25(19,20)23-24(16,17)18/h3,6-7H,2,4H2,1H3,(H,19,20)(H,13,15,26)(H2,16,17,18)/t6-,7+,10+/m0/s1. The highest BCUT2D eigenvalue weighted by Crippen LogP contribution is 2.58. The Morgan fingerprint density at radius 3 is 2.69 bits per heavy atom. The summed E-state index contributed by atoms with van der Waals surface area (Å²) in [5.41, 5.74) is -0.359. The maximum absolute atomic E-state index is 14.6. The van der Waals surface area contributed by atoms with Gasteiger partial charge in [0.25, 0.3) is 5.85 Å². The number of aromatic amines is 1. The van der Waals surface area contributed by atoms with Crippen molar-refractivity contribution in [3.8, 4) is 0 Å². The second-order valence-corrected chi connectivity index (χ2v) is 8.59. The maximum atomic E-state index is 14.6. The van der Waals surface area contributed by atoms with Crippen LogP contribution in [0.4, 0.5) is 8.78 Å². The highest BCUT2D eigenvalue weighted by Gasteiger charge is 2.53. The van der Waals surface area contributed by atoms with Gasteiger partial charge in [-0.3, -0.25) is 14.1 Å². The molecule has 1 fully saturated rings. The van der Waals surface area contributed by atoms with Crippen LogP contribution < -0.4 is 5.69 Å². The first-order valence-electron chi connectivity index (χ1n) is 6.79. The summed E-state index contributed by atoms with van der Waals surface area (Å²) in [4.78, 5) is 40.2. The van der Waals surface area contributed by atoms with Gasteiger partial charge in [-0.05, 0) is 6.92 Å². The molecule has 1 saturated heterocycles. The van der Waals surface area contributed by atoms with E-state index in [1.165, 1.54) is 6.20 Å². The third-order valence-corrected chi connectivity index (χ3v) is 5.85. The van der Waals surface area contributed by atoms with Gasteiger partial charge in [-0.1, -0.05) is 12.2 Å². The van der Waals surface area contributed by atoms with Crippen LogP contribution >= 0.6 is 27.9 Å². The van der Waals surface area contributed by atoms with Crippen molar-refractivity contribution in [2.45, 2.75) is 31.6 Å². The van der Waals surface area contributed by atoms with Gasteiger partial charge in [0.1, 0.15) is 17.5 Å². The number of H-pyrrole nitrogens is 1. The predicted octanol–water partition coefficient (Wildman–Crippen LogP) is 1.36. The van der Waals surface area contributed by atoms with Crippen molar-refractivity contribution < 1.29 is 46.2 Å². The lowest BCUT2D eigenvalue weighted by Gasteiger charge is -2.23. The number of halogens is 2. The molecule has 0 spiro atoms. The second-order valence-electron chi connectivity index (χ2n) is 5.35. The SMILES string of the molecule is Cc1cn([C@H]2C[C@H](F)[C@@](F)(COP(=O)(O)OP(=O)(O)O)O2)c(=O)[nH]c1=S. The Morgan fingerprint density at radius 2 is 2.12 bits per heavy atom. The average molecular weight is 438 g/mol. The Morgan fingerprint density at radius 1 is 1.50 bits per heavy atom. The van der Waals surface area contributed by atoms with Crippen molar-refractivity contribution in [2.75, 3.05) is 6.61 Å². The fraction of sp³-hybridized carbons (Fsp3) is 0.600. The van der Waals surface area contributed by atoms with Crippen LogP contribution in [0.5, 0.6) is 0 Å². The Bertz CT molecular complexity index is 901. The van der Waals surface area contributed by atoms with Crippen molar-refractivity contribution in [1.29, 1.82) is 0 Å². The highest BCUT2D eigenvalue weighted by molar-refractivity contribution is 7.71. The lowest BCUT2D eigenvalue weighted by atomic mass is 10.2. The molecule has 0 radical (unpaired) electrons. The lowest BCUT2D eigenvalue weighted by Crippen LogP contribution is -2.37. The van der Waals surface area contributed by atoms with E-state index in [4.69, 9.17) is 31.6 Å². The number of phosphoric ester groups is 1. The van der Waals surface area contributed by atoms with Crippen LogP contribution in [0.25, 0.3) is 0 Å². The van der Waals surface area contributed by atoms with Crippen molar-refractivity contribution in [3.05, 3.63) is 26.9 Å². The molecule has 11 nitrogen and oxygen atoms in total. The van der Waals surface area contributed by atoms with Gasteiger partial charge >= 0.3 is 21.3 Å². The van der Waals surface area contributed by atoms with E-state index in [0.717, 1.165) is 4.57 Å². The minimum atomic E-state index is -5.42. The molecule has 0 aromatic carbocycles. The quantitative estimate of drug-likeness (QED) is 0.377. The number of phosphoric acid groups is 2. The number of ether oxygens (including phenoxy) is 1. The Kier molecular flexibility index (Phi) is 6.03. The van der Waals surface area contributed by atoms with E-state index in [1.54, 1.807) is 6.92 Å². The Balaban J connectivity index is 2.16. The van der Waals surface area contributed by atoms with E-state index < -0.39 is 52.6 Å². The van der Waals surface area contributed by atoms with Gasteiger partial charge in [-0.2, -0.15) is 4.31 Å². The minimum absolute atomic E-state index is 0.131. The fourth-order valence-electron chi connectivity index (χ4n) is 2.12. The summed E-state index contributed by atoms with van der Waals surface area (Å²) >= 11 is 4.85. The Labute approximate surface area is 149 Å². The van der Waals surface area contributed by atoms with Crippen LogP contribution in [0.15, 0.2) is 11.0 Å². The summed E-state index contributed by atoms with van der Waals surface area (Å²) in [6, 6.07) is 0. The minimum Gasteiger partial charge on any atom is -0.317 e. The van der Waals surface area contributed by atoms with Gasteiger partial charge in [-0.25, -0.2) is 22.7 Å². The van der Waals surface area contributed by atoms with Crippen molar-refractivity contribution in [3.63, 3.8) is 0 Å². The summed E-state index contributed by atoms with van der Waals surface area (Å²) in [6.45, 7) is 0.0267. The van der Waals surface area contributed by atoms with Crippen LogP contribution in [0.2, 0.25) is 0 Å². The van der Waals surface area contributed by atoms with Gasteiger partial charge in [0.05, 0.1) is 0 Å². The van der Waals surface area contributed by atoms with Gasteiger partial charge in [-0.15, -0.1) is 0 Å². The molecule has 0 saturated carbocycles. The zero-order chi connectivity index (χ0) is 19.9. The van der Waals surface area contributed by atoms with Gasteiger partial charge in [0.15, 0.2) is 6.17 Å². The van der Waals surface area contributed by atoms with Gasteiger partial charge in [0.2, 0.25) is 0 Å². The lowest BCUT2D eigenvalue weighted by molar-refractivity contribution is -0.193. The molecule has 0 amide bonds. The first-order valence-corrected chi connectivity index (χ1v) is 10.2.